The SMILES string of the molecule is NC(=O)c1cc(N)cc(Cl)c1NCCc1cccnc1. The molecule has 5 N–H and O–H groups in total. The molecule has 104 valence electrons. The number of pyridine rings is 1. The standard InChI is InChI=1S/C14H15ClN4O/c15-12-7-10(16)6-11(14(17)20)13(12)19-5-3-9-2-1-4-18-8-9/h1-2,4,6-8,19H,3,5,16H2,(H2,17,20). The van der Waals surface area contributed by atoms with Crippen LogP contribution in [0.2, 0.25) is 5.02 Å². The molecule has 1 aromatic heterocycles. The van der Waals surface area contributed by atoms with Crippen LogP contribution >= 0.6 is 11.6 Å². The minimum atomic E-state index is -0.567. The quantitative estimate of drug-likeness (QED) is 0.735. The zero-order valence-corrected chi connectivity index (χ0v) is 11.5. The molecule has 0 aliphatic heterocycles. The number of nitrogens with one attached hydrogen (secondary N) is 1. The van der Waals surface area contributed by atoms with Gasteiger partial charge in [-0.15, -0.1) is 0 Å². The topological polar surface area (TPSA) is 94.0 Å². The number of anilines is 2. The third kappa shape index (κ3) is 3.39. The predicted molar refractivity (Wildman–Crippen MR) is 80.8 cm³/mol. The monoisotopic (exact) mass is 290 g/mol. The highest BCUT2D eigenvalue weighted by atomic mass is 35.5. The summed E-state index contributed by atoms with van der Waals surface area (Å²) in [6, 6.07) is 6.95. The zero-order chi connectivity index (χ0) is 14.5. The summed E-state index contributed by atoms with van der Waals surface area (Å²) in [5, 5.41) is 3.50. The van der Waals surface area contributed by atoms with E-state index in [2.05, 4.69) is 10.3 Å². The number of amides is 1. The second-order valence-electron chi connectivity index (χ2n) is 4.33. The Morgan fingerprint density at radius 2 is 2.20 bits per heavy atom. The van der Waals surface area contributed by atoms with E-state index in [-0.39, 0.29) is 0 Å². The van der Waals surface area contributed by atoms with Crippen molar-refractivity contribution in [1.29, 1.82) is 0 Å². The van der Waals surface area contributed by atoms with Crippen molar-refractivity contribution in [2.75, 3.05) is 17.6 Å². The Labute approximate surface area is 121 Å². The first-order chi connectivity index (χ1) is 9.58. The molecule has 2 rings (SSSR count). The lowest BCUT2D eigenvalue weighted by atomic mass is 10.1. The van der Waals surface area contributed by atoms with Crippen LogP contribution < -0.4 is 16.8 Å². The van der Waals surface area contributed by atoms with Crippen molar-refractivity contribution >= 4 is 28.9 Å². The van der Waals surface area contributed by atoms with E-state index in [0.29, 0.717) is 28.5 Å². The number of nitrogens with two attached hydrogens (primary N) is 2. The molecule has 5 nitrogen and oxygen atoms in total. The van der Waals surface area contributed by atoms with Gasteiger partial charge in [0.25, 0.3) is 5.91 Å². The van der Waals surface area contributed by atoms with Crippen molar-refractivity contribution in [2.24, 2.45) is 5.73 Å². The molecular formula is C14H15ClN4O. The van der Waals surface area contributed by atoms with Gasteiger partial charge in [-0.05, 0) is 30.2 Å². The van der Waals surface area contributed by atoms with Crippen molar-refractivity contribution < 1.29 is 4.79 Å². The van der Waals surface area contributed by atoms with Crippen LogP contribution in [0.3, 0.4) is 0 Å². The number of hydrogen-bond acceptors (Lipinski definition) is 4. The lowest BCUT2D eigenvalue weighted by Crippen LogP contribution is -2.16. The summed E-state index contributed by atoms with van der Waals surface area (Å²) in [4.78, 5) is 15.5. The number of rotatable bonds is 5. The molecule has 6 heteroatoms. The van der Waals surface area contributed by atoms with E-state index in [9.17, 15) is 4.79 Å². The number of primary amides is 1. The maximum Gasteiger partial charge on any atom is 0.250 e. The molecule has 0 aliphatic rings. The molecule has 0 saturated heterocycles. The van der Waals surface area contributed by atoms with Crippen molar-refractivity contribution in [3.63, 3.8) is 0 Å². The Hall–Kier alpha value is -2.27. The van der Waals surface area contributed by atoms with Gasteiger partial charge >= 0.3 is 0 Å². The highest BCUT2D eigenvalue weighted by Gasteiger charge is 2.12. The van der Waals surface area contributed by atoms with E-state index in [1.807, 2.05) is 12.1 Å². The summed E-state index contributed by atoms with van der Waals surface area (Å²) in [7, 11) is 0. The fourth-order valence-electron chi connectivity index (χ4n) is 1.88. The lowest BCUT2D eigenvalue weighted by Gasteiger charge is -2.13. The molecule has 0 unspecified atom stereocenters. The van der Waals surface area contributed by atoms with E-state index in [1.54, 1.807) is 18.5 Å². The van der Waals surface area contributed by atoms with Crippen molar-refractivity contribution in [2.45, 2.75) is 6.42 Å². The van der Waals surface area contributed by atoms with Crippen molar-refractivity contribution in [3.8, 4) is 0 Å². The smallest absolute Gasteiger partial charge is 0.250 e. The molecule has 1 heterocycles. The number of nitrogens with zero attached hydrogens (tertiary/aromatic N) is 1. The average Bonchev–Trinajstić information content (AvgIpc) is 2.41. The second-order valence-corrected chi connectivity index (χ2v) is 4.73. The molecule has 1 amide bonds. The van der Waals surface area contributed by atoms with Gasteiger partial charge < -0.3 is 16.8 Å². The van der Waals surface area contributed by atoms with Crippen LogP contribution in [0.1, 0.15) is 15.9 Å². The number of benzene rings is 1. The van der Waals surface area contributed by atoms with Crippen LogP contribution in [0.5, 0.6) is 0 Å². The van der Waals surface area contributed by atoms with Crippen LogP contribution in [-0.2, 0) is 6.42 Å². The summed E-state index contributed by atoms with van der Waals surface area (Å²) >= 11 is 6.10. The van der Waals surface area contributed by atoms with Gasteiger partial charge in [-0.25, -0.2) is 0 Å². The van der Waals surface area contributed by atoms with Crippen molar-refractivity contribution in [1.82, 2.24) is 4.98 Å². The maximum atomic E-state index is 11.4. The molecule has 0 saturated carbocycles. The van der Waals surface area contributed by atoms with Crippen LogP contribution in [0.4, 0.5) is 11.4 Å². The third-order valence-electron chi connectivity index (χ3n) is 2.82. The summed E-state index contributed by atoms with van der Waals surface area (Å²) in [6.45, 7) is 0.607. The second kappa shape index (κ2) is 6.25. The summed E-state index contributed by atoms with van der Waals surface area (Å²) in [5.74, 6) is -0.567. The minimum absolute atomic E-state index is 0.293. The summed E-state index contributed by atoms with van der Waals surface area (Å²) < 4.78 is 0. The Bertz CT molecular complexity index is 616. The van der Waals surface area contributed by atoms with E-state index < -0.39 is 5.91 Å². The first-order valence-corrected chi connectivity index (χ1v) is 6.47. The van der Waals surface area contributed by atoms with Crippen LogP contribution in [0.15, 0.2) is 36.7 Å². The highest BCUT2D eigenvalue weighted by Crippen LogP contribution is 2.28. The molecule has 0 radical (unpaired) electrons. The van der Waals surface area contributed by atoms with Gasteiger partial charge in [0.2, 0.25) is 0 Å². The Kier molecular flexibility index (Phi) is 4.42. The number of carbonyl (C=O) groups excluding carboxylic acids is 1. The number of halogens is 1. The van der Waals surface area contributed by atoms with Gasteiger partial charge in [-0.2, -0.15) is 0 Å². The Morgan fingerprint density at radius 3 is 2.85 bits per heavy atom. The summed E-state index contributed by atoms with van der Waals surface area (Å²) in [5.41, 5.74) is 13.3. The van der Waals surface area contributed by atoms with E-state index in [4.69, 9.17) is 23.1 Å². The van der Waals surface area contributed by atoms with Gasteiger partial charge in [-0.3, -0.25) is 9.78 Å². The fourth-order valence-corrected chi connectivity index (χ4v) is 2.17. The number of hydrogen-bond donors (Lipinski definition) is 3. The molecule has 0 spiro atoms. The first-order valence-electron chi connectivity index (χ1n) is 6.09. The largest absolute Gasteiger partial charge is 0.399 e. The molecule has 1 aromatic carbocycles. The van der Waals surface area contributed by atoms with E-state index in [1.165, 1.54) is 6.07 Å². The molecule has 20 heavy (non-hydrogen) atoms. The number of carbonyl (C=O) groups is 1. The average molecular weight is 291 g/mol. The third-order valence-corrected chi connectivity index (χ3v) is 3.11. The van der Waals surface area contributed by atoms with Crippen LogP contribution in [-0.4, -0.2) is 17.4 Å². The lowest BCUT2D eigenvalue weighted by molar-refractivity contribution is 0.100. The summed E-state index contributed by atoms with van der Waals surface area (Å²) in [6.07, 6.45) is 4.27. The molecular weight excluding hydrogens is 276 g/mol. The molecule has 2 aromatic rings. The first kappa shape index (κ1) is 14.1. The van der Waals surface area contributed by atoms with Crippen LogP contribution in [0.25, 0.3) is 0 Å². The number of aromatic nitrogens is 1. The number of nitrogen functional groups attached to an aromatic ring is 1. The molecule has 0 aliphatic carbocycles. The molecule has 0 fully saturated rings. The molecule has 0 atom stereocenters. The molecule has 0 bridgehead atoms. The Balaban J connectivity index is 2.11. The maximum absolute atomic E-state index is 11.4. The van der Waals surface area contributed by atoms with Crippen LogP contribution in [0, 0.1) is 0 Å². The van der Waals surface area contributed by atoms with Gasteiger partial charge in [0, 0.05) is 24.6 Å². The van der Waals surface area contributed by atoms with E-state index in [0.717, 1.165) is 12.0 Å². The van der Waals surface area contributed by atoms with Gasteiger partial charge in [-0.1, -0.05) is 17.7 Å². The normalized spacial score (nSPS) is 10.2. The van der Waals surface area contributed by atoms with Gasteiger partial charge in [0.05, 0.1) is 16.3 Å². The van der Waals surface area contributed by atoms with Gasteiger partial charge in [0.15, 0.2) is 0 Å². The predicted octanol–water partition coefficient (Wildman–Crippen LogP) is 2.07. The van der Waals surface area contributed by atoms with E-state index >= 15 is 0 Å². The van der Waals surface area contributed by atoms with Crippen molar-refractivity contribution in [3.05, 3.63) is 52.8 Å². The zero-order valence-electron chi connectivity index (χ0n) is 10.8. The fraction of sp³-hybridized carbons (Fsp3) is 0.143. The minimum Gasteiger partial charge on any atom is -0.399 e. The Morgan fingerprint density at radius 1 is 1.40 bits per heavy atom. The highest BCUT2D eigenvalue weighted by molar-refractivity contribution is 6.34. The van der Waals surface area contributed by atoms with Gasteiger partial charge in [0.1, 0.15) is 0 Å².